The van der Waals surface area contributed by atoms with E-state index in [0.29, 0.717) is 5.16 Å². The van der Waals surface area contributed by atoms with Crippen molar-refractivity contribution in [1.29, 1.82) is 0 Å². The van der Waals surface area contributed by atoms with E-state index in [-0.39, 0.29) is 6.04 Å². The molecule has 0 amide bonds. The summed E-state index contributed by atoms with van der Waals surface area (Å²) in [5.74, 6) is 0. The van der Waals surface area contributed by atoms with Crippen molar-refractivity contribution in [3.05, 3.63) is 22.4 Å². The number of aliphatic imine (C=N–C) groups is 2. The van der Waals surface area contributed by atoms with Crippen LogP contribution in [0, 0.1) is 0 Å². The van der Waals surface area contributed by atoms with Gasteiger partial charge in [0, 0.05) is 12.4 Å². The van der Waals surface area contributed by atoms with Crippen molar-refractivity contribution in [2.75, 3.05) is 0 Å². The Hall–Kier alpha value is -0.890. The third-order valence-corrected chi connectivity index (χ3v) is 2.43. The zero-order chi connectivity index (χ0) is 10.6. The highest BCUT2D eigenvalue weighted by Crippen LogP contribution is 2.12. The van der Waals surface area contributed by atoms with E-state index in [2.05, 4.69) is 16.9 Å². The van der Waals surface area contributed by atoms with Crippen molar-refractivity contribution in [3.8, 4) is 0 Å². The first kappa shape index (κ1) is 11.2. The summed E-state index contributed by atoms with van der Waals surface area (Å²) in [6.45, 7) is 6.11. The van der Waals surface area contributed by atoms with E-state index in [1.165, 1.54) is 0 Å². The lowest BCUT2D eigenvalue weighted by Gasteiger charge is -2.02. The smallest absolute Gasteiger partial charge is 0.127 e. The lowest BCUT2D eigenvalue weighted by Crippen LogP contribution is -1.98. The van der Waals surface area contributed by atoms with Crippen molar-refractivity contribution in [2.24, 2.45) is 9.98 Å². The molecule has 0 unspecified atom stereocenters. The number of hydrogen-bond donors (Lipinski definition) is 0. The Morgan fingerprint density at radius 1 is 1.29 bits per heavy atom. The molecule has 0 aromatic rings. The molecule has 3 heteroatoms. The molecule has 0 spiro atoms. The van der Waals surface area contributed by atoms with E-state index >= 15 is 0 Å². The maximum Gasteiger partial charge on any atom is 0.127 e. The van der Waals surface area contributed by atoms with Crippen LogP contribution in [0.5, 0.6) is 0 Å². The number of allylic oxidation sites excluding steroid dienone is 2. The second kappa shape index (κ2) is 5.11. The summed E-state index contributed by atoms with van der Waals surface area (Å²) in [5, 5.41) is 0.517. The Bertz CT molecular complexity index is 324. The summed E-state index contributed by atoms with van der Waals surface area (Å²) >= 11 is 5.92. The molecular formula is C11H15ClN2. The molecule has 0 bridgehead atoms. The lowest BCUT2D eigenvalue weighted by atomic mass is 10.2. The fourth-order valence-electron chi connectivity index (χ4n) is 1.04. The predicted molar refractivity (Wildman–Crippen MR) is 63.4 cm³/mol. The molecule has 0 fully saturated rings. The molecule has 0 aromatic heterocycles. The summed E-state index contributed by atoms with van der Waals surface area (Å²) in [7, 11) is 0. The highest BCUT2D eigenvalue weighted by atomic mass is 35.5. The van der Waals surface area contributed by atoms with E-state index in [4.69, 9.17) is 11.6 Å². The standard InChI is InChI=1S/C11H15ClN2/c1-4-10-5-11(12)14-7-9(3)8(2)6-13-10/h5-7,10H,4H2,1-3H3/b9-8+,11-5-,13-6?,14-7-/t10-/m1/s1. The minimum absolute atomic E-state index is 0.139. The Labute approximate surface area is 90.1 Å². The largest absolute Gasteiger partial charge is 0.285 e. The Morgan fingerprint density at radius 3 is 2.57 bits per heavy atom. The third-order valence-electron chi connectivity index (χ3n) is 2.21. The summed E-state index contributed by atoms with van der Waals surface area (Å²) < 4.78 is 0. The molecule has 2 nitrogen and oxygen atoms in total. The third kappa shape index (κ3) is 3.11. The normalized spacial score (nSPS) is 34.0. The molecule has 0 aliphatic carbocycles. The van der Waals surface area contributed by atoms with Crippen LogP contribution in [0.3, 0.4) is 0 Å². The number of rotatable bonds is 1. The van der Waals surface area contributed by atoms with Crippen molar-refractivity contribution in [3.63, 3.8) is 0 Å². The van der Waals surface area contributed by atoms with Crippen LogP contribution in [0.1, 0.15) is 27.2 Å². The van der Waals surface area contributed by atoms with Gasteiger partial charge in [0.25, 0.3) is 0 Å². The van der Waals surface area contributed by atoms with Crippen LogP contribution < -0.4 is 0 Å². The van der Waals surface area contributed by atoms with Gasteiger partial charge in [-0.3, -0.25) is 4.99 Å². The first-order chi connectivity index (χ1) is 6.63. The second-order valence-electron chi connectivity index (χ2n) is 3.37. The number of halogens is 1. The van der Waals surface area contributed by atoms with Gasteiger partial charge in [0.2, 0.25) is 0 Å². The zero-order valence-electron chi connectivity index (χ0n) is 8.79. The summed E-state index contributed by atoms with van der Waals surface area (Å²) in [6.07, 6.45) is 6.48. The minimum atomic E-state index is 0.139. The quantitative estimate of drug-likeness (QED) is 0.593. The molecule has 1 rings (SSSR count). The molecule has 0 saturated heterocycles. The van der Waals surface area contributed by atoms with Crippen LogP contribution in [0.25, 0.3) is 0 Å². The van der Waals surface area contributed by atoms with E-state index in [1.807, 2.05) is 26.1 Å². The molecule has 0 saturated carbocycles. The zero-order valence-corrected chi connectivity index (χ0v) is 9.54. The summed E-state index contributed by atoms with van der Waals surface area (Å²) in [4.78, 5) is 8.56. The summed E-state index contributed by atoms with van der Waals surface area (Å²) in [5.41, 5.74) is 2.23. The Morgan fingerprint density at radius 2 is 1.93 bits per heavy atom. The van der Waals surface area contributed by atoms with Crippen LogP contribution in [0.2, 0.25) is 0 Å². The highest BCUT2D eigenvalue weighted by molar-refractivity contribution is 6.30. The van der Waals surface area contributed by atoms with Gasteiger partial charge in [-0.25, -0.2) is 4.99 Å². The van der Waals surface area contributed by atoms with E-state index in [9.17, 15) is 0 Å². The van der Waals surface area contributed by atoms with Gasteiger partial charge < -0.3 is 0 Å². The van der Waals surface area contributed by atoms with Gasteiger partial charge in [0.15, 0.2) is 0 Å². The first-order valence-electron chi connectivity index (χ1n) is 4.75. The van der Waals surface area contributed by atoms with Crippen molar-refractivity contribution < 1.29 is 0 Å². The van der Waals surface area contributed by atoms with Gasteiger partial charge in [0.05, 0.1) is 6.04 Å². The molecule has 0 N–H and O–H groups in total. The minimum Gasteiger partial charge on any atom is -0.285 e. The Balaban J connectivity index is 3.04. The van der Waals surface area contributed by atoms with Crippen LogP contribution in [0.4, 0.5) is 0 Å². The van der Waals surface area contributed by atoms with E-state index in [1.54, 1.807) is 6.21 Å². The van der Waals surface area contributed by atoms with Crippen molar-refractivity contribution in [1.82, 2.24) is 0 Å². The maximum atomic E-state index is 5.92. The van der Waals surface area contributed by atoms with Crippen LogP contribution in [-0.2, 0) is 0 Å². The maximum absolute atomic E-state index is 5.92. The van der Waals surface area contributed by atoms with Crippen LogP contribution in [0.15, 0.2) is 32.4 Å². The van der Waals surface area contributed by atoms with Crippen molar-refractivity contribution in [2.45, 2.75) is 33.2 Å². The fraction of sp³-hybridized carbons (Fsp3) is 0.455. The van der Waals surface area contributed by atoms with E-state index in [0.717, 1.165) is 17.6 Å². The first-order valence-corrected chi connectivity index (χ1v) is 5.13. The van der Waals surface area contributed by atoms with Gasteiger partial charge in [0.1, 0.15) is 5.16 Å². The van der Waals surface area contributed by atoms with E-state index < -0.39 is 0 Å². The topological polar surface area (TPSA) is 24.7 Å². The molecule has 1 aliphatic rings. The number of nitrogens with zero attached hydrogens (tertiary/aromatic N) is 2. The van der Waals surface area contributed by atoms with Crippen LogP contribution >= 0.6 is 11.6 Å². The van der Waals surface area contributed by atoms with Gasteiger partial charge in [-0.2, -0.15) is 0 Å². The van der Waals surface area contributed by atoms with Gasteiger partial charge in [-0.15, -0.1) is 0 Å². The highest BCUT2D eigenvalue weighted by Gasteiger charge is 2.02. The Kier molecular flexibility index (Phi) is 4.08. The molecule has 1 aliphatic heterocycles. The average molecular weight is 211 g/mol. The molecular weight excluding hydrogens is 196 g/mol. The van der Waals surface area contributed by atoms with Gasteiger partial charge in [-0.1, -0.05) is 18.5 Å². The number of hydrogen-bond acceptors (Lipinski definition) is 2. The molecule has 0 aromatic carbocycles. The molecule has 1 atom stereocenters. The van der Waals surface area contributed by atoms with Gasteiger partial charge in [-0.05, 0) is 37.5 Å². The molecule has 1 heterocycles. The molecule has 14 heavy (non-hydrogen) atoms. The summed E-state index contributed by atoms with van der Waals surface area (Å²) in [6, 6.07) is 0.139. The van der Waals surface area contributed by atoms with Gasteiger partial charge >= 0.3 is 0 Å². The second-order valence-corrected chi connectivity index (χ2v) is 3.75. The predicted octanol–water partition coefficient (Wildman–Crippen LogP) is 3.34. The average Bonchev–Trinajstić information content (AvgIpc) is 2.23. The molecule has 0 radical (unpaired) electrons. The lowest BCUT2D eigenvalue weighted by molar-refractivity contribution is 0.785. The van der Waals surface area contributed by atoms with Crippen molar-refractivity contribution >= 4 is 24.0 Å². The molecule has 76 valence electrons. The SMILES string of the molecule is CC[C@@H]1\C=C(Cl)/N=C\C(C)=C(/C)C=N1. The fourth-order valence-corrected chi connectivity index (χ4v) is 1.23. The monoisotopic (exact) mass is 210 g/mol. The van der Waals surface area contributed by atoms with Crippen LogP contribution in [-0.4, -0.2) is 18.5 Å².